The van der Waals surface area contributed by atoms with Crippen LogP contribution in [0.5, 0.6) is 0 Å². The van der Waals surface area contributed by atoms with Crippen LogP contribution in [0.2, 0.25) is 0 Å². The predicted octanol–water partition coefficient (Wildman–Crippen LogP) is 2.06. The Balaban J connectivity index is 1.84. The highest BCUT2D eigenvalue weighted by atomic mass is 16.6. The van der Waals surface area contributed by atoms with E-state index < -0.39 is 0 Å². The Morgan fingerprint density at radius 1 is 1.09 bits per heavy atom. The monoisotopic (exact) mass is 320 g/mol. The van der Waals surface area contributed by atoms with E-state index in [0.717, 1.165) is 11.4 Å². The molecule has 0 spiro atoms. The van der Waals surface area contributed by atoms with Crippen LogP contribution < -0.4 is 10.2 Å². The van der Waals surface area contributed by atoms with Gasteiger partial charge < -0.3 is 24.8 Å². The number of carbonyl (C=O) groups is 2. The third-order valence-electron chi connectivity index (χ3n) is 3.73. The molecule has 1 N–H and O–H groups in total. The molecule has 0 saturated carbocycles. The van der Waals surface area contributed by atoms with Gasteiger partial charge in [-0.15, -0.1) is 0 Å². The topological polar surface area (TPSA) is 65.1 Å². The summed E-state index contributed by atoms with van der Waals surface area (Å²) in [5.41, 5.74) is 1.83. The van der Waals surface area contributed by atoms with Crippen LogP contribution in [0.4, 0.5) is 21.0 Å². The number of benzene rings is 1. The standard InChI is InChI=1S/C16H24N4O3/c1-4-23-16(22)20-11-9-19(10-12-20)15(21)17-13-5-7-14(8-6-13)18(2)3/h5-8H,4,9-12H2,1-3H3,(H,17,21). The van der Waals surface area contributed by atoms with E-state index in [1.807, 2.05) is 43.3 Å². The lowest BCUT2D eigenvalue weighted by atomic mass is 10.2. The maximum absolute atomic E-state index is 12.3. The fourth-order valence-corrected chi connectivity index (χ4v) is 2.35. The number of nitrogens with one attached hydrogen (secondary N) is 1. The Bertz CT molecular complexity index is 537. The Morgan fingerprint density at radius 3 is 2.17 bits per heavy atom. The first-order valence-electron chi connectivity index (χ1n) is 7.76. The van der Waals surface area contributed by atoms with Gasteiger partial charge in [0.25, 0.3) is 0 Å². The third kappa shape index (κ3) is 4.51. The quantitative estimate of drug-likeness (QED) is 0.926. The van der Waals surface area contributed by atoms with E-state index in [1.165, 1.54) is 0 Å². The molecule has 0 unspecified atom stereocenters. The molecule has 0 radical (unpaired) electrons. The smallest absolute Gasteiger partial charge is 0.409 e. The maximum atomic E-state index is 12.3. The molecule has 2 rings (SSSR count). The third-order valence-corrected chi connectivity index (χ3v) is 3.73. The van der Waals surface area contributed by atoms with Gasteiger partial charge in [0.2, 0.25) is 0 Å². The molecule has 0 atom stereocenters. The molecule has 7 heteroatoms. The molecule has 0 aromatic heterocycles. The first-order valence-corrected chi connectivity index (χ1v) is 7.76. The Hall–Kier alpha value is -2.44. The average molecular weight is 320 g/mol. The number of hydrogen-bond acceptors (Lipinski definition) is 4. The molecular weight excluding hydrogens is 296 g/mol. The van der Waals surface area contributed by atoms with E-state index in [-0.39, 0.29) is 12.1 Å². The number of ether oxygens (including phenoxy) is 1. The number of anilines is 2. The van der Waals surface area contributed by atoms with Crippen molar-refractivity contribution in [1.82, 2.24) is 9.80 Å². The van der Waals surface area contributed by atoms with Gasteiger partial charge in [0.05, 0.1) is 6.61 Å². The second kappa shape index (κ2) is 7.71. The van der Waals surface area contributed by atoms with Gasteiger partial charge in [-0.3, -0.25) is 0 Å². The maximum Gasteiger partial charge on any atom is 0.409 e. The normalized spacial score (nSPS) is 14.4. The van der Waals surface area contributed by atoms with Crippen molar-refractivity contribution in [2.45, 2.75) is 6.92 Å². The van der Waals surface area contributed by atoms with Crippen LogP contribution >= 0.6 is 0 Å². The number of hydrogen-bond donors (Lipinski definition) is 1. The molecular formula is C16H24N4O3. The molecule has 1 aliphatic rings. The summed E-state index contributed by atoms with van der Waals surface area (Å²) in [7, 11) is 3.94. The minimum Gasteiger partial charge on any atom is -0.450 e. The molecule has 1 aromatic rings. The van der Waals surface area contributed by atoms with Gasteiger partial charge in [-0.1, -0.05) is 0 Å². The summed E-state index contributed by atoms with van der Waals surface area (Å²) >= 11 is 0. The summed E-state index contributed by atoms with van der Waals surface area (Å²) in [6, 6.07) is 7.51. The molecule has 23 heavy (non-hydrogen) atoms. The van der Waals surface area contributed by atoms with Gasteiger partial charge in [0, 0.05) is 51.6 Å². The summed E-state index contributed by atoms with van der Waals surface area (Å²) in [6.07, 6.45) is -0.313. The van der Waals surface area contributed by atoms with Crippen LogP contribution in [0.25, 0.3) is 0 Å². The molecule has 7 nitrogen and oxygen atoms in total. The number of amides is 3. The number of piperazine rings is 1. The lowest BCUT2D eigenvalue weighted by Gasteiger charge is -2.34. The Labute approximate surface area is 136 Å². The first kappa shape index (κ1) is 16.9. The number of carbonyl (C=O) groups excluding carboxylic acids is 2. The van der Waals surface area contributed by atoms with Crippen molar-refractivity contribution in [3.05, 3.63) is 24.3 Å². The zero-order valence-electron chi connectivity index (χ0n) is 13.9. The van der Waals surface area contributed by atoms with E-state index in [0.29, 0.717) is 32.8 Å². The molecule has 1 heterocycles. The van der Waals surface area contributed by atoms with E-state index in [9.17, 15) is 9.59 Å². The fourth-order valence-electron chi connectivity index (χ4n) is 2.35. The van der Waals surface area contributed by atoms with Crippen LogP contribution in [-0.4, -0.2) is 68.8 Å². The summed E-state index contributed by atoms with van der Waals surface area (Å²) in [5, 5.41) is 2.88. The summed E-state index contributed by atoms with van der Waals surface area (Å²) in [5.74, 6) is 0. The van der Waals surface area contributed by atoms with E-state index in [1.54, 1.807) is 16.7 Å². The van der Waals surface area contributed by atoms with Crippen molar-refractivity contribution < 1.29 is 14.3 Å². The summed E-state index contributed by atoms with van der Waals surface area (Å²) in [4.78, 5) is 29.2. The first-order chi connectivity index (χ1) is 11.0. The minimum atomic E-state index is -0.313. The SMILES string of the molecule is CCOC(=O)N1CCN(C(=O)Nc2ccc(N(C)C)cc2)CC1. The lowest BCUT2D eigenvalue weighted by Crippen LogP contribution is -2.51. The van der Waals surface area contributed by atoms with Crippen molar-refractivity contribution in [3.8, 4) is 0 Å². The highest BCUT2D eigenvalue weighted by Gasteiger charge is 2.24. The van der Waals surface area contributed by atoms with Crippen LogP contribution in [0, 0.1) is 0 Å². The molecule has 1 aromatic carbocycles. The summed E-state index contributed by atoms with van der Waals surface area (Å²) < 4.78 is 4.97. The van der Waals surface area contributed by atoms with E-state index >= 15 is 0 Å². The number of nitrogens with zero attached hydrogens (tertiary/aromatic N) is 3. The van der Waals surface area contributed by atoms with Gasteiger partial charge >= 0.3 is 12.1 Å². The van der Waals surface area contributed by atoms with Gasteiger partial charge in [-0.05, 0) is 31.2 Å². The Kier molecular flexibility index (Phi) is 5.67. The summed E-state index contributed by atoms with van der Waals surface area (Å²) in [6.45, 7) is 4.13. The van der Waals surface area contributed by atoms with Gasteiger partial charge in [-0.25, -0.2) is 9.59 Å². The van der Waals surface area contributed by atoms with Gasteiger partial charge in [0.15, 0.2) is 0 Å². The van der Waals surface area contributed by atoms with Crippen LogP contribution in [0.1, 0.15) is 6.92 Å². The van der Waals surface area contributed by atoms with Crippen LogP contribution in [0.3, 0.4) is 0 Å². The van der Waals surface area contributed by atoms with Crippen molar-refractivity contribution >= 4 is 23.5 Å². The lowest BCUT2D eigenvalue weighted by molar-refractivity contribution is 0.0868. The van der Waals surface area contributed by atoms with Crippen molar-refractivity contribution in [1.29, 1.82) is 0 Å². The highest BCUT2D eigenvalue weighted by Crippen LogP contribution is 2.16. The van der Waals surface area contributed by atoms with Gasteiger partial charge in [-0.2, -0.15) is 0 Å². The Morgan fingerprint density at radius 2 is 1.65 bits per heavy atom. The van der Waals surface area contributed by atoms with E-state index in [4.69, 9.17) is 4.74 Å². The van der Waals surface area contributed by atoms with Crippen molar-refractivity contribution in [2.75, 3.05) is 57.1 Å². The molecule has 1 aliphatic heterocycles. The molecule has 1 saturated heterocycles. The van der Waals surface area contributed by atoms with Crippen molar-refractivity contribution in [3.63, 3.8) is 0 Å². The average Bonchev–Trinajstić information content (AvgIpc) is 2.55. The zero-order valence-corrected chi connectivity index (χ0v) is 13.9. The second-order valence-electron chi connectivity index (χ2n) is 5.54. The van der Waals surface area contributed by atoms with Crippen molar-refractivity contribution in [2.24, 2.45) is 0 Å². The minimum absolute atomic E-state index is 0.147. The zero-order chi connectivity index (χ0) is 16.8. The molecule has 126 valence electrons. The van der Waals surface area contributed by atoms with E-state index in [2.05, 4.69) is 5.32 Å². The van der Waals surface area contributed by atoms with Gasteiger partial charge in [0.1, 0.15) is 0 Å². The highest BCUT2D eigenvalue weighted by molar-refractivity contribution is 5.89. The van der Waals surface area contributed by atoms with Crippen LogP contribution in [-0.2, 0) is 4.74 Å². The predicted molar refractivity (Wildman–Crippen MR) is 90.0 cm³/mol. The molecule has 1 fully saturated rings. The second-order valence-corrected chi connectivity index (χ2v) is 5.54. The molecule has 3 amide bonds. The fraction of sp³-hybridized carbons (Fsp3) is 0.500. The number of urea groups is 1. The number of rotatable bonds is 3. The largest absolute Gasteiger partial charge is 0.450 e. The molecule has 0 aliphatic carbocycles. The molecule has 0 bridgehead atoms. The van der Waals surface area contributed by atoms with Crippen LogP contribution in [0.15, 0.2) is 24.3 Å².